The van der Waals surface area contributed by atoms with Crippen molar-refractivity contribution in [2.45, 2.75) is 44.2 Å². The summed E-state index contributed by atoms with van der Waals surface area (Å²) in [5.41, 5.74) is -0.256. The van der Waals surface area contributed by atoms with Crippen LogP contribution >= 0.6 is 11.3 Å². The summed E-state index contributed by atoms with van der Waals surface area (Å²) in [6, 6.07) is 4.39. The van der Waals surface area contributed by atoms with E-state index in [-0.39, 0.29) is 17.5 Å². The molecule has 1 unspecified atom stereocenters. The lowest BCUT2D eigenvalue weighted by Gasteiger charge is -2.50. The van der Waals surface area contributed by atoms with E-state index in [1.165, 1.54) is 4.88 Å². The molecule has 3 rings (SSSR count). The molecule has 1 amide bonds. The van der Waals surface area contributed by atoms with Crippen molar-refractivity contribution >= 4 is 17.2 Å². The van der Waals surface area contributed by atoms with Crippen molar-refractivity contribution < 1.29 is 9.53 Å². The van der Waals surface area contributed by atoms with Crippen molar-refractivity contribution in [2.75, 3.05) is 26.3 Å². The van der Waals surface area contributed by atoms with Gasteiger partial charge in [-0.25, -0.2) is 0 Å². The first-order chi connectivity index (χ1) is 10.2. The summed E-state index contributed by atoms with van der Waals surface area (Å²) in [7, 11) is 0. The topological polar surface area (TPSA) is 41.6 Å². The molecule has 1 aliphatic heterocycles. The number of carbonyl (C=O) groups is 1. The van der Waals surface area contributed by atoms with Crippen LogP contribution in [0.15, 0.2) is 17.5 Å². The Kier molecular flexibility index (Phi) is 4.62. The molecule has 1 N–H and O–H groups in total. The van der Waals surface area contributed by atoms with E-state index < -0.39 is 0 Å². The molecule has 4 nitrogen and oxygen atoms in total. The minimum Gasteiger partial charge on any atom is -0.379 e. The van der Waals surface area contributed by atoms with Gasteiger partial charge >= 0.3 is 0 Å². The van der Waals surface area contributed by atoms with Crippen LogP contribution in [-0.4, -0.2) is 48.7 Å². The van der Waals surface area contributed by atoms with Crippen LogP contribution in [0.2, 0.25) is 0 Å². The number of nitrogens with one attached hydrogen (secondary N) is 1. The van der Waals surface area contributed by atoms with Gasteiger partial charge in [-0.1, -0.05) is 6.07 Å². The molecule has 116 valence electrons. The summed E-state index contributed by atoms with van der Waals surface area (Å²) in [4.78, 5) is 16.5. The zero-order valence-corrected chi connectivity index (χ0v) is 13.5. The normalized spacial score (nSPS) is 23.3. The van der Waals surface area contributed by atoms with Crippen LogP contribution in [0.1, 0.15) is 31.1 Å². The molecule has 1 aliphatic carbocycles. The minimum atomic E-state index is -0.256. The molecule has 2 aliphatic rings. The molecule has 1 aromatic rings. The molecule has 0 radical (unpaired) electrons. The second-order valence-corrected chi connectivity index (χ2v) is 7.17. The number of ether oxygens (including phenoxy) is 1. The zero-order valence-electron chi connectivity index (χ0n) is 12.6. The summed E-state index contributed by atoms with van der Waals surface area (Å²) in [5, 5.41) is 5.33. The van der Waals surface area contributed by atoms with E-state index in [4.69, 9.17) is 4.74 Å². The molecule has 21 heavy (non-hydrogen) atoms. The van der Waals surface area contributed by atoms with Crippen LogP contribution in [0, 0.1) is 0 Å². The SMILES string of the molecule is CC(Cc1cccs1)NC(=O)C1(N2CCOCC2)CCC1. The highest BCUT2D eigenvalue weighted by Gasteiger charge is 2.49. The number of thiophene rings is 1. The number of carbonyl (C=O) groups excluding carboxylic acids is 1. The van der Waals surface area contributed by atoms with E-state index >= 15 is 0 Å². The summed E-state index contributed by atoms with van der Waals surface area (Å²) < 4.78 is 5.42. The average molecular weight is 308 g/mol. The lowest BCUT2D eigenvalue weighted by atomic mass is 9.74. The molecule has 2 fully saturated rings. The van der Waals surface area contributed by atoms with Gasteiger partial charge in [0, 0.05) is 30.4 Å². The van der Waals surface area contributed by atoms with Crippen LogP contribution in [0.25, 0.3) is 0 Å². The third kappa shape index (κ3) is 3.15. The first kappa shape index (κ1) is 15.0. The number of amides is 1. The molecule has 0 aromatic carbocycles. The van der Waals surface area contributed by atoms with E-state index in [1.54, 1.807) is 11.3 Å². The van der Waals surface area contributed by atoms with Gasteiger partial charge in [0.1, 0.15) is 5.54 Å². The van der Waals surface area contributed by atoms with Crippen molar-refractivity contribution in [2.24, 2.45) is 0 Å². The van der Waals surface area contributed by atoms with Gasteiger partial charge in [0.25, 0.3) is 0 Å². The Morgan fingerprint density at radius 3 is 2.81 bits per heavy atom. The minimum absolute atomic E-state index is 0.190. The lowest BCUT2D eigenvalue weighted by Crippen LogP contribution is -2.65. The number of hydrogen-bond donors (Lipinski definition) is 1. The summed E-state index contributed by atoms with van der Waals surface area (Å²) in [6.07, 6.45) is 4.06. The van der Waals surface area contributed by atoms with E-state index in [1.807, 2.05) is 0 Å². The Labute approximate surface area is 130 Å². The maximum Gasteiger partial charge on any atom is 0.240 e. The molecule has 1 aromatic heterocycles. The van der Waals surface area contributed by atoms with E-state index in [2.05, 4.69) is 34.7 Å². The van der Waals surface area contributed by atoms with E-state index in [0.29, 0.717) is 0 Å². The van der Waals surface area contributed by atoms with Crippen molar-refractivity contribution in [1.29, 1.82) is 0 Å². The van der Waals surface area contributed by atoms with Crippen LogP contribution < -0.4 is 5.32 Å². The van der Waals surface area contributed by atoms with Gasteiger partial charge in [0.05, 0.1) is 13.2 Å². The van der Waals surface area contributed by atoms with Crippen LogP contribution in [0.5, 0.6) is 0 Å². The summed E-state index contributed by atoms with van der Waals surface area (Å²) in [5.74, 6) is 0.222. The maximum atomic E-state index is 12.8. The number of morpholine rings is 1. The van der Waals surface area contributed by atoms with Gasteiger partial charge < -0.3 is 10.1 Å². The van der Waals surface area contributed by atoms with Crippen molar-refractivity contribution in [3.63, 3.8) is 0 Å². The van der Waals surface area contributed by atoms with Gasteiger partial charge in [-0.3, -0.25) is 9.69 Å². The lowest BCUT2D eigenvalue weighted by molar-refractivity contribution is -0.145. The van der Waals surface area contributed by atoms with Gasteiger partial charge in [-0.15, -0.1) is 11.3 Å². The maximum absolute atomic E-state index is 12.8. The molecule has 0 bridgehead atoms. The molecule has 1 saturated carbocycles. The quantitative estimate of drug-likeness (QED) is 0.905. The Bertz CT molecular complexity index is 465. The molecular formula is C16H24N2O2S. The first-order valence-corrected chi connectivity index (χ1v) is 8.75. The van der Waals surface area contributed by atoms with Gasteiger partial charge in [0.2, 0.25) is 5.91 Å². The van der Waals surface area contributed by atoms with E-state index in [9.17, 15) is 4.79 Å². The predicted molar refractivity (Wildman–Crippen MR) is 84.6 cm³/mol. The van der Waals surface area contributed by atoms with Crippen molar-refractivity contribution in [3.05, 3.63) is 22.4 Å². The average Bonchev–Trinajstić information content (AvgIpc) is 2.91. The van der Waals surface area contributed by atoms with Crippen LogP contribution in [0.3, 0.4) is 0 Å². The highest BCUT2D eigenvalue weighted by Crippen LogP contribution is 2.38. The molecule has 2 heterocycles. The Balaban J connectivity index is 1.59. The number of nitrogens with zero attached hydrogens (tertiary/aromatic N) is 1. The standard InChI is InChI=1S/C16H24N2O2S/c1-13(12-14-4-2-11-21-14)17-15(19)16(5-3-6-16)18-7-9-20-10-8-18/h2,4,11,13H,3,5-10,12H2,1H3,(H,17,19). The van der Waals surface area contributed by atoms with E-state index in [0.717, 1.165) is 52.0 Å². The number of hydrogen-bond acceptors (Lipinski definition) is 4. The van der Waals surface area contributed by atoms with Crippen molar-refractivity contribution in [3.8, 4) is 0 Å². The highest BCUT2D eigenvalue weighted by molar-refractivity contribution is 7.09. The smallest absolute Gasteiger partial charge is 0.240 e. The van der Waals surface area contributed by atoms with Gasteiger partial charge in [-0.2, -0.15) is 0 Å². The van der Waals surface area contributed by atoms with Crippen LogP contribution in [0.4, 0.5) is 0 Å². The molecule has 1 atom stereocenters. The fourth-order valence-electron chi connectivity index (χ4n) is 3.33. The van der Waals surface area contributed by atoms with Crippen LogP contribution in [-0.2, 0) is 16.0 Å². The largest absolute Gasteiger partial charge is 0.379 e. The Morgan fingerprint density at radius 1 is 1.48 bits per heavy atom. The van der Waals surface area contributed by atoms with Gasteiger partial charge in [-0.05, 0) is 37.6 Å². The van der Waals surface area contributed by atoms with Gasteiger partial charge in [0.15, 0.2) is 0 Å². The third-order valence-electron chi connectivity index (χ3n) is 4.68. The van der Waals surface area contributed by atoms with Crippen molar-refractivity contribution in [1.82, 2.24) is 10.2 Å². The second-order valence-electron chi connectivity index (χ2n) is 6.14. The summed E-state index contributed by atoms with van der Waals surface area (Å²) in [6.45, 7) is 5.36. The predicted octanol–water partition coefficient (Wildman–Crippen LogP) is 2.05. The molecule has 1 saturated heterocycles. The molecule has 5 heteroatoms. The summed E-state index contributed by atoms with van der Waals surface area (Å²) >= 11 is 1.76. The monoisotopic (exact) mass is 308 g/mol. The zero-order chi connectivity index (χ0) is 14.7. The third-order valence-corrected chi connectivity index (χ3v) is 5.58. The second kappa shape index (κ2) is 6.46. The fourth-order valence-corrected chi connectivity index (χ4v) is 4.16. The first-order valence-electron chi connectivity index (χ1n) is 7.87. The Hall–Kier alpha value is -0.910. The fraction of sp³-hybridized carbons (Fsp3) is 0.688. The highest BCUT2D eigenvalue weighted by atomic mass is 32.1. The molecular weight excluding hydrogens is 284 g/mol. The Morgan fingerprint density at radius 2 is 2.24 bits per heavy atom. The molecule has 0 spiro atoms. The number of rotatable bonds is 5.